The average molecular weight is 352 g/mol. The summed E-state index contributed by atoms with van der Waals surface area (Å²) in [6.07, 6.45) is 1.93. The van der Waals surface area contributed by atoms with Gasteiger partial charge in [-0.15, -0.1) is 0 Å². The largest absolute Gasteiger partial charge is 0.333 e. The number of carbonyl (C=O) groups excluding carboxylic acids is 1. The van der Waals surface area contributed by atoms with Crippen molar-refractivity contribution in [2.24, 2.45) is 0 Å². The van der Waals surface area contributed by atoms with Crippen LogP contribution >= 0.6 is 35.0 Å². The van der Waals surface area contributed by atoms with E-state index >= 15 is 0 Å². The molecule has 7 heteroatoms. The number of H-pyrrole nitrogens is 1. The molecular weight excluding hydrogens is 341 g/mol. The van der Waals surface area contributed by atoms with E-state index in [0.717, 1.165) is 10.7 Å². The lowest BCUT2D eigenvalue weighted by atomic mass is 10.2. The van der Waals surface area contributed by atoms with Gasteiger partial charge in [0.15, 0.2) is 5.16 Å². The SMILES string of the molecule is CSc1nc2c(NC(=O)c3c(Cl)cccc3Cl)cccc2[nH]1. The number of rotatable bonds is 3. The van der Waals surface area contributed by atoms with Crippen LogP contribution in [-0.2, 0) is 0 Å². The molecule has 0 saturated heterocycles. The predicted molar refractivity (Wildman–Crippen MR) is 92.3 cm³/mol. The second-order valence-corrected chi connectivity index (χ2v) is 6.11. The van der Waals surface area contributed by atoms with Crippen LogP contribution in [-0.4, -0.2) is 22.1 Å². The average Bonchev–Trinajstić information content (AvgIpc) is 2.91. The maximum atomic E-state index is 12.5. The quantitative estimate of drug-likeness (QED) is 0.663. The number of para-hydroxylation sites is 1. The topological polar surface area (TPSA) is 57.8 Å². The highest BCUT2D eigenvalue weighted by Gasteiger charge is 2.16. The van der Waals surface area contributed by atoms with Crippen molar-refractivity contribution in [1.82, 2.24) is 9.97 Å². The molecule has 22 heavy (non-hydrogen) atoms. The number of thioether (sulfide) groups is 1. The van der Waals surface area contributed by atoms with Gasteiger partial charge < -0.3 is 10.3 Å². The van der Waals surface area contributed by atoms with E-state index in [9.17, 15) is 4.79 Å². The summed E-state index contributed by atoms with van der Waals surface area (Å²) in [5, 5.41) is 4.22. The Labute approximate surface area is 141 Å². The molecule has 0 atom stereocenters. The molecule has 4 nitrogen and oxygen atoms in total. The number of aromatic amines is 1. The fourth-order valence-electron chi connectivity index (χ4n) is 2.11. The first-order valence-corrected chi connectivity index (χ1v) is 8.36. The van der Waals surface area contributed by atoms with E-state index in [1.165, 1.54) is 11.8 Å². The van der Waals surface area contributed by atoms with Crippen LogP contribution < -0.4 is 5.32 Å². The molecule has 1 heterocycles. The van der Waals surface area contributed by atoms with Crippen LogP contribution in [0.5, 0.6) is 0 Å². The number of nitrogens with one attached hydrogen (secondary N) is 2. The summed E-state index contributed by atoms with van der Waals surface area (Å²) >= 11 is 13.6. The van der Waals surface area contributed by atoms with Crippen molar-refractivity contribution in [2.75, 3.05) is 11.6 Å². The van der Waals surface area contributed by atoms with Gasteiger partial charge in [-0.1, -0.05) is 47.1 Å². The van der Waals surface area contributed by atoms with Crippen LogP contribution in [0.15, 0.2) is 41.6 Å². The lowest BCUT2D eigenvalue weighted by Crippen LogP contribution is -2.13. The van der Waals surface area contributed by atoms with E-state index in [4.69, 9.17) is 23.2 Å². The Morgan fingerprint density at radius 1 is 1.18 bits per heavy atom. The maximum Gasteiger partial charge on any atom is 0.258 e. The van der Waals surface area contributed by atoms with Gasteiger partial charge >= 0.3 is 0 Å². The highest BCUT2D eigenvalue weighted by molar-refractivity contribution is 7.98. The summed E-state index contributed by atoms with van der Waals surface area (Å²) in [4.78, 5) is 20.1. The molecule has 2 N–H and O–H groups in total. The van der Waals surface area contributed by atoms with Crippen LogP contribution in [0.2, 0.25) is 10.0 Å². The van der Waals surface area contributed by atoms with Crippen molar-refractivity contribution in [3.8, 4) is 0 Å². The van der Waals surface area contributed by atoms with Crippen molar-refractivity contribution in [3.63, 3.8) is 0 Å². The molecule has 3 rings (SSSR count). The Bertz CT molecular complexity index is 843. The second kappa shape index (κ2) is 6.20. The number of benzene rings is 2. The monoisotopic (exact) mass is 351 g/mol. The zero-order valence-corrected chi connectivity index (χ0v) is 13.8. The predicted octanol–water partition coefficient (Wildman–Crippen LogP) is 4.84. The zero-order valence-electron chi connectivity index (χ0n) is 11.5. The van der Waals surface area contributed by atoms with Gasteiger partial charge in [0.25, 0.3) is 5.91 Å². The molecule has 0 saturated carbocycles. The Hall–Kier alpha value is -1.69. The number of fused-ring (bicyclic) bond motifs is 1. The maximum absolute atomic E-state index is 12.5. The molecule has 0 aliphatic heterocycles. The molecule has 1 aromatic heterocycles. The molecule has 0 aliphatic rings. The van der Waals surface area contributed by atoms with E-state index in [1.807, 2.05) is 18.4 Å². The van der Waals surface area contributed by atoms with Crippen molar-refractivity contribution in [2.45, 2.75) is 5.16 Å². The van der Waals surface area contributed by atoms with Gasteiger partial charge in [-0.2, -0.15) is 0 Å². The molecule has 112 valence electrons. The van der Waals surface area contributed by atoms with Crippen molar-refractivity contribution in [1.29, 1.82) is 0 Å². The molecule has 0 unspecified atom stereocenters. The fraction of sp³-hybridized carbons (Fsp3) is 0.0667. The van der Waals surface area contributed by atoms with E-state index in [1.54, 1.807) is 24.3 Å². The number of hydrogen-bond acceptors (Lipinski definition) is 3. The van der Waals surface area contributed by atoms with Gasteiger partial charge in [0, 0.05) is 0 Å². The number of nitrogens with zero attached hydrogens (tertiary/aromatic N) is 1. The number of carbonyl (C=O) groups is 1. The van der Waals surface area contributed by atoms with E-state index in [2.05, 4.69) is 15.3 Å². The minimum Gasteiger partial charge on any atom is -0.333 e. The minimum atomic E-state index is -0.364. The number of amides is 1. The van der Waals surface area contributed by atoms with Crippen molar-refractivity contribution in [3.05, 3.63) is 52.0 Å². The third-order valence-corrected chi connectivity index (χ3v) is 4.33. The lowest BCUT2D eigenvalue weighted by molar-refractivity contribution is 0.102. The van der Waals surface area contributed by atoms with Crippen molar-refractivity contribution >= 4 is 57.6 Å². The Morgan fingerprint density at radius 2 is 1.86 bits per heavy atom. The molecular formula is C15H11Cl2N3OS. The van der Waals surface area contributed by atoms with Crippen LogP contribution in [0.25, 0.3) is 11.0 Å². The lowest BCUT2D eigenvalue weighted by Gasteiger charge is -2.08. The first-order chi connectivity index (χ1) is 10.6. The van der Waals surface area contributed by atoms with Gasteiger partial charge in [0.2, 0.25) is 0 Å². The number of hydrogen-bond donors (Lipinski definition) is 2. The summed E-state index contributed by atoms with van der Waals surface area (Å²) in [7, 11) is 0. The fourth-order valence-corrected chi connectivity index (χ4v) is 3.07. The standard InChI is InChI=1S/C15H11Cl2N3OS/c1-22-15-19-11-7-3-6-10(13(11)20-15)18-14(21)12-8(16)4-2-5-9(12)17/h2-7H,1H3,(H,18,21)(H,19,20). The van der Waals surface area contributed by atoms with Gasteiger partial charge in [-0.05, 0) is 30.5 Å². The van der Waals surface area contributed by atoms with Crippen LogP contribution in [0, 0.1) is 0 Å². The summed E-state index contributed by atoms with van der Waals surface area (Å²) < 4.78 is 0. The number of anilines is 1. The molecule has 2 aromatic carbocycles. The van der Waals surface area contributed by atoms with Crippen LogP contribution in [0.4, 0.5) is 5.69 Å². The molecule has 3 aromatic rings. The smallest absolute Gasteiger partial charge is 0.258 e. The highest BCUT2D eigenvalue weighted by Crippen LogP contribution is 2.28. The number of halogens is 2. The van der Waals surface area contributed by atoms with E-state index in [0.29, 0.717) is 21.2 Å². The van der Waals surface area contributed by atoms with E-state index in [-0.39, 0.29) is 11.5 Å². The van der Waals surface area contributed by atoms with Crippen LogP contribution in [0.1, 0.15) is 10.4 Å². The molecule has 0 spiro atoms. The number of imidazole rings is 1. The Morgan fingerprint density at radius 3 is 2.55 bits per heavy atom. The Kier molecular flexibility index (Phi) is 4.29. The molecule has 0 aliphatic carbocycles. The van der Waals surface area contributed by atoms with Gasteiger partial charge in [-0.3, -0.25) is 4.79 Å². The Balaban J connectivity index is 1.99. The van der Waals surface area contributed by atoms with Gasteiger partial charge in [-0.25, -0.2) is 4.98 Å². The third kappa shape index (κ3) is 2.79. The molecule has 0 bridgehead atoms. The van der Waals surface area contributed by atoms with Crippen molar-refractivity contribution < 1.29 is 4.79 Å². The van der Waals surface area contributed by atoms with E-state index < -0.39 is 0 Å². The highest BCUT2D eigenvalue weighted by atomic mass is 35.5. The minimum absolute atomic E-state index is 0.253. The first-order valence-electron chi connectivity index (χ1n) is 6.38. The normalized spacial score (nSPS) is 10.9. The summed E-state index contributed by atoms with van der Waals surface area (Å²) in [5.41, 5.74) is 2.41. The summed E-state index contributed by atoms with van der Waals surface area (Å²) in [5.74, 6) is -0.364. The van der Waals surface area contributed by atoms with Gasteiger partial charge in [0.1, 0.15) is 5.52 Å². The molecule has 1 amide bonds. The first kappa shape index (κ1) is 15.2. The number of aromatic nitrogens is 2. The van der Waals surface area contributed by atoms with Gasteiger partial charge in [0.05, 0.1) is 26.8 Å². The third-order valence-electron chi connectivity index (χ3n) is 3.12. The second-order valence-electron chi connectivity index (χ2n) is 4.50. The summed E-state index contributed by atoms with van der Waals surface area (Å²) in [6.45, 7) is 0. The molecule has 0 radical (unpaired) electrons. The van der Waals surface area contributed by atoms with Crippen LogP contribution in [0.3, 0.4) is 0 Å². The summed E-state index contributed by atoms with van der Waals surface area (Å²) in [6, 6.07) is 10.5. The molecule has 0 fully saturated rings. The zero-order chi connectivity index (χ0) is 15.7.